The Balaban J connectivity index is 1.49. The molecule has 146 valence electrons. The molecule has 2 atom stereocenters. The van der Waals surface area contributed by atoms with Crippen LogP contribution in [0, 0.1) is 5.92 Å². The van der Waals surface area contributed by atoms with Gasteiger partial charge in [-0.15, -0.1) is 0 Å². The number of carbonyl (C=O) groups excluding carboxylic acids is 1. The number of halogens is 2. The number of hydrogen-bond donors (Lipinski definition) is 0. The molecule has 29 heavy (non-hydrogen) atoms. The number of rotatable bonds is 3. The normalized spacial score (nSPS) is 21.1. The average molecular weight is 422 g/mol. The highest BCUT2D eigenvalue weighted by molar-refractivity contribution is 6.36. The zero-order chi connectivity index (χ0) is 20.0. The predicted octanol–water partition coefficient (Wildman–Crippen LogP) is 6.46. The smallest absolute Gasteiger partial charge is 0.167 e. The van der Waals surface area contributed by atoms with Crippen LogP contribution in [0.3, 0.4) is 0 Å². The third kappa shape index (κ3) is 3.40. The van der Waals surface area contributed by atoms with Gasteiger partial charge in [0.15, 0.2) is 5.78 Å². The lowest BCUT2D eigenvalue weighted by Crippen LogP contribution is -2.38. The molecule has 2 nitrogen and oxygen atoms in total. The zero-order valence-electron chi connectivity index (χ0n) is 15.9. The zero-order valence-corrected chi connectivity index (χ0v) is 17.5. The van der Waals surface area contributed by atoms with E-state index in [4.69, 9.17) is 23.2 Å². The fourth-order valence-electron chi connectivity index (χ4n) is 4.91. The topological polar surface area (TPSA) is 20.3 Å². The third-order valence-electron chi connectivity index (χ3n) is 6.25. The van der Waals surface area contributed by atoms with Gasteiger partial charge in [-0.1, -0.05) is 77.8 Å². The number of nitrogens with zero attached hydrogens (tertiary/aromatic N) is 1. The first-order valence-electron chi connectivity index (χ1n) is 10.0. The van der Waals surface area contributed by atoms with Crippen molar-refractivity contribution in [2.75, 3.05) is 13.1 Å². The van der Waals surface area contributed by atoms with Crippen LogP contribution in [0.2, 0.25) is 10.0 Å². The number of likely N-dealkylation sites (tertiary alicyclic amines) is 1. The Morgan fingerprint density at radius 1 is 0.897 bits per heavy atom. The van der Waals surface area contributed by atoms with Crippen LogP contribution < -0.4 is 0 Å². The number of ketones is 1. The van der Waals surface area contributed by atoms with Crippen molar-refractivity contribution >= 4 is 29.0 Å². The Morgan fingerprint density at radius 2 is 1.72 bits per heavy atom. The summed E-state index contributed by atoms with van der Waals surface area (Å²) in [6, 6.07) is 22.2. The molecule has 1 heterocycles. The molecule has 1 aliphatic carbocycles. The Labute approximate surface area is 181 Å². The SMILES string of the molecule is O=C1c2c(-c3ccc(Cl)cc3Cl)cccc2[C@H]2CN(Cc3ccccc3)CC[C@@H]12. The van der Waals surface area contributed by atoms with Gasteiger partial charge in [-0.2, -0.15) is 0 Å². The summed E-state index contributed by atoms with van der Waals surface area (Å²) in [4.78, 5) is 15.9. The summed E-state index contributed by atoms with van der Waals surface area (Å²) in [6.45, 7) is 2.79. The standard InChI is InChI=1S/C25H21Cl2NO/c26-17-9-10-18(23(27)13-17)19-7-4-8-20-22-15-28(14-16-5-2-1-3-6-16)12-11-21(22)25(29)24(19)20/h1-10,13,21-22H,11-12,14-15H2/t21-,22-/m1/s1. The van der Waals surface area contributed by atoms with Gasteiger partial charge in [0.25, 0.3) is 0 Å². The lowest BCUT2D eigenvalue weighted by atomic mass is 9.85. The van der Waals surface area contributed by atoms with Gasteiger partial charge in [0.05, 0.1) is 0 Å². The molecule has 0 spiro atoms. The molecular weight excluding hydrogens is 401 g/mol. The molecule has 2 aliphatic rings. The highest BCUT2D eigenvalue weighted by Crippen LogP contribution is 2.47. The summed E-state index contributed by atoms with van der Waals surface area (Å²) < 4.78 is 0. The molecule has 1 fully saturated rings. The van der Waals surface area contributed by atoms with E-state index >= 15 is 0 Å². The van der Waals surface area contributed by atoms with Crippen LogP contribution in [0.4, 0.5) is 0 Å². The van der Waals surface area contributed by atoms with Crippen LogP contribution >= 0.6 is 23.2 Å². The third-order valence-corrected chi connectivity index (χ3v) is 6.79. The van der Waals surface area contributed by atoms with Crippen molar-refractivity contribution in [3.8, 4) is 11.1 Å². The van der Waals surface area contributed by atoms with E-state index < -0.39 is 0 Å². The lowest BCUT2D eigenvalue weighted by molar-refractivity contribution is 0.0835. The van der Waals surface area contributed by atoms with E-state index in [-0.39, 0.29) is 17.6 Å². The molecule has 0 saturated carbocycles. The maximum absolute atomic E-state index is 13.4. The monoisotopic (exact) mass is 421 g/mol. The van der Waals surface area contributed by atoms with Crippen molar-refractivity contribution in [2.45, 2.75) is 18.9 Å². The Hall–Kier alpha value is -2.13. The highest BCUT2D eigenvalue weighted by atomic mass is 35.5. The summed E-state index contributed by atoms with van der Waals surface area (Å²) in [7, 11) is 0. The van der Waals surface area contributed by atoms with E-state index in [9.17, 15) is 4.79 Å². The highest BCUT2D eigenvalue weighted by Gasteiger charge is 2.44. The van der Waals surface area contributed by atoms with Crippen LogP contribution in [0.5, 0.6) is 0 Å². The first-order valence-corrected chi connectivity index (χ1v) is 10.8. The van der Waals surface area contributed by atoms with E-state index in [1.165, 1.54) is 11.1 Å². The Bertz CT molecular complexity index is 1080. The maximum atomic E-state index is 13.4. The van der Waals surface area contributed by atoms with E-state index in [1.54, 1.807) is 6.07 Å². The fraction of sp³-hybridized carbons (Fsp3) is 0.240. The molecule has 0 radical (unpaired) electrons. The summed E-state index contributed by atoms with van der Waals surface area (Å²) in [5.74, 6) is 0.594. The first-order chi connectivity index (χ1) is 14.1. The molecule has 4 heteroatoms. The molecule has 5 rings (SSSR count). The number of fused-ring (bicyclic) bond motifs is 3. The van der Waals surface area contributed by atoms with Crippen molar-refractivity contribution < 1.29 is 4.79 Å². The number of Topliss-reactive ketones (excluding diaryl/α,β-unsaturated/α-hetero) is 1. The number of benzene rings is 3. The van der Waals surface area contributed by atoms with Crippen LogP contribution in [0.15, 0.2) is 66.7 Å². The van der Waals surface area contributed by atoms with Crippen LogP contribution in [0.1, 0.15) is 33.8 Å². The van der Waals surface area contributed by atoms with E-state index in [1.807, 2.05) is 30.3 Å². The molecular formula is C25H21Cl2NO. The van der Waals surface area contributed by atoms with Gasteiger partial charge < -0.3 is 0 Å². The second-order valence-electron chi connectivity index (χ2n) is 7.98. The maximum Gasteiger partial charge on any atom is 0.167 e. The fourth-order valence-corrected chi connectivity index (χ4v) is 5.42. The molecule has 0 aromatic heterocycles. The molecule has 0 unspecified atom stereocenters. The molecule has 0 amide bonds. The van der Waals surface area contributed by atoms with Crippen molar-refractivity contribution in [3.63, 3.8) is 0 Å². The second-order valence-corrected chi connectivity index (χ2v) is 8.82. The molecule has 1 aliphatic heterocycles. The number of piperidine rings is 1. The minimum absolute atomic E-state index is 0.0734. The van der Waals surface area contributed by atoms with Gasteiger partial charge in [-0.05, 0) is 41.8 Å². The van der Waals surface area contributed by atoms with Crippen molar-refractivity contribution in [1.82, 2.24) is 4.90 Å². The van der Waals surface area contributed by atoms with Crippen LogP contribution in [-0.2, 0) is 6.54 Å². The minimum atomic E-state index is 0.0734. The largest absolute Gasteiger partial charge is 0.298 e. The predicted molar refractivity (Wildman–Crippen MR) is 119 cm³/mol. The van der Waals surface area contributed by atoms with Crippen LogP contribution in [-0.4, -0.2) is 23.8 Å². The molecule has 3 aromatic carbocycles. The van der Waals surface area contributed by atoms with Gasteiger partial charge in [-0.25, -0.2) is 0 Å². The van der Waals surface area contributed by atoms with Crippen molar-refractivity contribution in [1.29, 1.82) is 0 Å². The number of hydrogen-bond acceptors (Lipinski definition) is 2. The van der Waals surface area contributed by atoms with Crippen LogP contribution in [0.25, 0.3) is 11.1 Å². The summed E-state index contributed by atoms with van der Waals surface area (Å²) in [5.41, 5.74) is 5.14. The van der Waals surface area contributed by atoms with E-state index in [0.717, 1.165) is 42.7 Å². The summed E-state index contributed by atoms with van der Waals surface area (Å²) >= 11 is 12.6. The molecule has 0 N–H and O–H groups in total. The quantitative estimate of drug-likeness (QED) is 0.483. The van der Waals surface area contributed by atoms with Crippen molar-refractivity contribution in [3.05, 3.63) is 93.5 Å². The van der Waals surface area contributed by atoms with Gasteiger partial charge in [0, 0.05) is 46.1 Å². The number of carbonyl (C=O) groups is 1. The first kappa shape index (κ1) is 18.9. The second kappa shape index (κ2) is 7.60. The van der Waals surface area contributed by atoms with E-state index in [2.05, 4.69) is 35.2 Å². The minimum Gasteiger partial charge on any atom is -0.298 e. The Kier molecular flexibility index (Phi) is 4.95. The molecule has 1 saturated heterocycles. The van der Waals surface area contributed by atoms with E-state index in [0.29, 0.717) is 10.0 Å². The van der Waals surface area contributed by atoms with Gasteiger partial charge in [0.2, 0.25) is 0 Å². The lowest BCUT2D eigenvalue weighted by Gasteiger charge is -2.34. The molecule has 3 aromatic rings. The molecule has 0 bridgehead atoms. The van der Waals surface area contributed by atoms with Gasteiger partial charge in [-0.3, -0.25) is 9.69 Å². The average Bonchev–Trinajstić information content (AvgIpc) is 3.01. The van der Waals surface area contributed by atoms with Gasteiger partial charge >= 0.3 is 0 Å². The summed E-state index contributed by atoms with van der Waals surface area (Å²) in [5, 5.41) is 1.18. The summed E-state index contributed by atoms with van der Waals surface area (Å²) in [6.07, 6.45) is 0.902. The Morgan fingerprint density at radius 3 is 2.52 bits per heavy atom. The van der Waals surface area contributed by atoms with Gasteiger partial charge in [0.1, 0.15) is 0 Å². The van der Waals surface area contributed by atoms with Crippen molar-refractivity contribution in [2.24, 2.45) is 5.92 Å².